The van der Waals surface area contributed by atoms with E-state index in [9.17, 15) is 4.57 Å². The molecule has 0 aliphatic carbocycles. The Bertz CT molecular complexity index is 187. The summed E-state index contributed by atoms with van der Waals surface area (Å²) in [6.45, 7) is 4.32. The molecule has 0 saturated heterocycles. The van der Waals surface area contributed by atoms with Gasteiger partial charge >= 0.3 is 8.03 Å². The van der Waals surface area contributed by atoms with Crippen LogP contribution in [0.5, 0.6) is 0 Å². The average Bonchev–Trinajstić information content (AvgIpc) is 2.10. The average molecular weight is 202 g/mol. The van der Waals surface area contributed by atoms with Crippen molar-refractivity contribution in [2.45, 2.75) is 45.2 Å². The van der Waals surface area contributed by atoms with Crippen molar-refractivity contribution in [2.75, 3.05) is 6.61 Å². The summed E-state index contributed by atoms with van der Waals surface area (Å²) in [7, 11) is -1.48. The van der Waals surface area contributed by atoms with E-state index in [0.29, 0.717) is 13.0 Å². The minimum Gasteiger partial charge on any atom is -0.198 e. The lowest BCUT2D eigenvalue weighted by Gasteiger charge is -1.94. The van der Waals surface area contributed by atoms with Crippen molar-refractivity contribution >= 4 is 8.03 Å². The van der Waals surface area contributed by atoms with E-state index < -0.39 is 8.03 Å². The number of nitrogens with zero attached hydrogens (tertiary/aromatic N) is 1. The Morgan fingerprint density at radius 2 is 2.08 bits per heavy atom. The number of hydrogen-bond donors (Lipinski definition) is 0. The molecule has 0 aromatic heterocycles. The molecule has 1 atom stereocenters. The maximum absolute atomic E-state index is 11.1. The molecule has 1 unspecified atom stereocenters. The fourth-order valence-corrected chi connectivity index (χ4v) is 1.39. The topological polar surface area (TPSA) is 50.1 Å². The van der Waals surface area contributed by atoms with Gasteiger partial charge in [-0.15, -0.1) is 4.52 Å². The van der Waals surface area contributed by atoms with Crippen LogP contribution in [0.3, 0.4) is 0 Å². The van der Waals surface area contributed by atoms with E-state index in [0.717, 1.165) is 19.3 Å². The van der Waals surface area contributed by atoms with Gasteiger partial charge in [0.1, 0.15) is 6.61 Å². The van der Waals surface area contributed by atoms with Crippen molar-refractivity contribution in [2.24, 2.45) is 0 Å². The largest absolute Gasteiger partial charge is 0.510 e. The van der Waals surface area contributed by atoms with Crippen molar-refractivity contribution < 1.29 is 9.09 Å². The van der Waals surface area contributed by atoms with E-state index in [2.05, 4.69) is 6.07 Å². The summed E-state index contributed by atoms with van der Waals surface area (Å²) in [6, 6.07) is 2.09. The summed E-state index contributed by atoms with van der Waals surface area (Å²) in [5.74, 6) is 0. The number of unbranched alkanes of at least 4 members (excludes halogenated alkanes) is 3. The number of hydrogen-bond acceptors (Lipinski definition) is 3. The molecule has 0 aromatic rings. The summed E-state index contributed by atoms with van der Waals surface area (Å²) in [6.07, 6.45) is 3.40. The molecule has 0 N–H and O–H groups in total. The van der Waals surface area contributed by atoms with Gasteiger partial charge in [0.15, 0.2) is 5.66 Å². The first-order chi connectivity index (χ1) is 6.18. The van der Waals surface area contributed by atoms with Gasteiger partial charge in [-0.05, 0) is 37.7 Å². The molecule has 3 nitrogen and oxygen atoms in total. The van der Waals surface area contributed by atoms with E-state index >= 15 is 0 Å². The quantitative estimate of drug-likeness (QED) is 0.470. The summed E-state index contributed by atoms with van der Waals surface area (Å²) in [5.41, 5.74) is 0.106. The standard InChI is InChI=1S/C9H17NO2P/c1-9(2)13(11)12-8-6-4-3-5-7-10/h9H,3-6,8H2,1-2H3/q+1. The normalized spacial score (nSPS) is 11.4. The Morgan fingerprint density at radius 1 is 1.38 bits per heavy atom. The highest BCUT2D eigenvalue weighted by molar-refractivity contribution is 7.39. The Morgan fingerprint density at radius 3 is 2.62 bits per heavy atom. The van der Waals surface area contributed by atoms with Gasteiger partial charge in [0.05, 0.1) is 6.07 Å². The monoisotopic (exact) mass is 202 g/mol. The fourth-order valence-electron chi connectivity index (χ4n) is 0.786. The highest BCUT2D eigenvalue weighted by Crippen LogP contribution is 2.28. The lowest BCUT2D eigenvalue weighted by atomic mass is 10.2. The zero-order chi connectivity index (χ0) is 10.1. The van der Waals surface area contributed by atoms with Crippen LogP contribution in [0.15, 0.2) is 0 Å². The first-order valence-electron chi connectivity index (χ1n) is 4.64. The molecule has 0 aromatic carbocycles. The summed E-state index contributed by atoms with van der Waals surface area (Å²) >= 11 is 0. The van der Waals surface area contributed by atoms with Crippen LogP contribution in [0.4, 0.5) is 0 Å². The van der Waals surface area contributed by atoms with Crippen molar-refractivity contribution in [3.8, 4) is 6.07 Å². The third-order valence-electron chi connectivity index (χ3n) is 1.57. The van der Waals surface area contributed by atoms with E-state index in [1.165, 1.54) is 0 Å². The summed E-state index contributed by atoms with van der Waals surface area (Å²) < 4.78 is 16.2. The Balaban J connectivity index is 3.17. The van der Waals surface area contributed by atoms with E-state index in [4.69, 9.17) is 9.79 Å². The Kier molecular flexibility index (Phi) is 7.88. The van der Waals surface area contributed by atoms with Gasteiger partial charge in [0.25, 0.3) is 0 Å². The van der Waals surface area contributed by atoms with E-state index in [1.54, 1.807) is 0 Å². The van der Waals surface area contributed by atoms with Gasteiger partial charge in [-0.2, -0.15) is 5.26 Å². The molecular formula is C9H17NO2P+. The van der Waals surface area contributed by atoms with Crippen molar-refractivity contribution in [3.63, 3.8) is 0 Å². The first-order valence-corrected chi connectivity index (χ1v) is 5.89. The van der Waals surface area contributed by atoms with Gasteiger partial charge in [-0.3, -0.25) is 0 Å². The van der Waals surface area contributed by atoms with Gasteiger partial charge in [0.2, 0.25) is 0 Å². The van der Waals surface area contributed by atoms with Crippen molar-refractivity contribution in [3.05, 3.63) is 0 Å². The van der Waals surface area contributed by atoms with Crippen LogP contribution in [0.2, 0.25) is 0 Å². The predicted molar refractivity (Wildman–Crippen MR) is 52.8 cm³/mol. The van der Waals surface area contributed by atoms with Gasteiger partial charge in [-0.25, -0.2) is 0 Å². The fraction of sp³-hybridized carbons (Fsp3) is 0.889. The molecule has 13 heavy (non-hydrogen) atoms. The lowest BCUT2D eigenvalue weighted by Crippen LogP contribution is -1.93. The molecule has 0 rings (SSSR count). The highest BCUT2D eigenvalue weighted by Gasteiger charge is 2.21. The molecule has 0 radical (unpaired) electrons. The molecule has 0 heterocycles. The van der Waals surface area contributed by atoms with Crippen LogP contribution < -0.4 is 0 Å². The van der Waals surface area contributed by atoms with Crippen molar-refractivity contribution in [1.82, 2.24) is 0 Å². The molecule has 0 amide bonds. The molecule has 0 bridgehead atoms. The molecule has 0 aliphatic rings. The van der Waals surface area contributed by atoms with Crippen LogP contribution >= 0.6 is 8.03 Å². The molecule has 4 heteroatoms. The first kappa shape index (κ1) is 12.6. The van der Waals surface area contributed by atoms with Crippen molar-refractivity contribution in [1.29, 1.82) is 5.26 Å². The number of nitriles is 1. The second-order valence-electron chi connectivity index (χ2n) is 3.18. The summed E-state index contributed by atoms with van der Waals surface area (Å²) in [5, 5.41) is 8.26. The summed E-state index contributed by atoms with van der Waals surface area (Å²) in [4.78, 5) is 0. The second-order valence-corrected chi connectivity index (χ2v) is 5.04. The molecule has 0 spiro atoms. The molecular weight excluding hydrogens is 185 g/mol. The zero-order valence-corrected chi connectivity index (χ0v) is 9.22. The lowest BCUT2D eigenvalue weighted by molar-refractivity contribution is 0.313. The van der Waals surface area contributed by atoms with Gasteiger partial charge in [-0.1, -0.05) is 0 Å². The maximum atomic E-state index is 11.1. The van der Waals surface area contributed by atoms with E-state index in [-0.39, 0.29) is 5.66 Å². The maximum Gasteiger partial charge on any atom is 0.510 e. The van der Waals surface area contributed by atoms with E-state index in [1.807, 2.05) is 13.8 Å². The zero-order valence-electron chi connectivity index (χ0n) is 8.32. The van der Waals surface area contributed by atoms with Crippen LogP contribution in [-0.4, -0.2) is 12.3 Å². The van der Waals surface area contributed by atoms with Crippen LogP contribution in [0, 0.1) is 11.3 Å². The molecule has 0 aliphatic heterocycles. The van der Waals surface area contributed by atoms with Crippen LogP contribution in [0.25, 0.3) is 0 Å². The smallest absolute Gasteiger partial charge is 0.198 e. The molecule has 0 saturated carbocycles. The third-order valence-corrected chi connectivity index (χ3v) is 2.85. The highest BCUT2D eigenvalue weighted by atomic mass is 31.1. The van der Waals surface area contributed by atoms with Gasteiger partial charge < -0.3 is 0 Å². The Hall–Kier alpha value is -0.450. The SMILES string of the molecule is CC(C)[P+](=O)OCCCCCC#N. The predicted octanol–water partition coefficient (Wildman–Crippen LogP) is 3.24. The molecule has 0 fully saturated rings. The second kappa shape index (κ2) is 8.16. The number of rotatable bonds is 7. The third kappa shape index (κ3) is 7.90. The van der Waals surface area contributed by atoms with Crippen LogP contribution in [0.1, 0.15) is 39.5 Å². The van der Waals surface area contributed by atoms with Gasteiger partial charge in [0, 0.05) is 6.42 Å². The molecule has 74 valence electrons. The minimum absolute atomic E-state index is 0.106. The van der Waals surface area contributed by atoms with Crippen LogP contribution in [-0.2, 0) is 9.09 Å². The minimum atomic E-state index is -1.48. The Labute approximate surface area is 81.0 Å².